The fourth-order valence-electron chi connectivity index (χ4n) is 7.58. The number of amides is 2. The van der Waals surface area contributed by atoms with Crippen LogP contribution in [0.5, 0.6) is 0 Å². The summed E-state index contributed by atoms with van der Waals surface area (Å²) in [5.74, 6) is 1.32. The van der Waals surface area contributed by atoms with Crippen molar-refractivity contribution in [1.29, 1.82) is 0 Å². The molecule has 8 nitrogen and oxygen atoms in total. The quantitative estimate of drug-likeness (QED) is 0.269. The van der Waals surface area contributed by atoms with Crippen LogP contribution in [-0.4, -0.2) is 73.5 Å². The molecule has 3 aliphatic carbocycles. The number of fused-ring (bicyclic) bond motifs is 4. The van der Waals surface area contributed by atoms with Gasteiger partial charge in [0.2, 0.25) is 5.91 Å². The second-order valence-electron chi connectivity index (χ2n) is 13.5. The van der Waals surface area contributed by atoms with Crippen molar-refractivity contribution in [2.75, 3.05) is 39.5 Å². The number of nitrogens with zero attached hydrogens (tertiary/aromatic N) is 3. The Morgan fingerprint density at radius 2 is 2.09 bits per heavy atom. The van der Waals surface area contributed by atoms with Gasteiger partial charge in [0.1, 0.15) is 11.9 Å². The third-order valence-electron chi connectivity index (χ3n) is 10.1. The molecule has 1 saturated heterocycles. The average molecular weight is 641 g/mol. The van der Waals surface area contributed by atoms with Crippen LogP contribution in [-0.2, 0) is 40.9 Å². The van der Waals surface area contributed by atoms with Crippen LogP contribution in [0.3, 0.4) is 0 Å². The highest BCUT2D eigenvalue weighted by Gasteiger charge is 2.47. The number of carbonyl (C=O) groups excluding carboxylic acids is 2. The maximum Gasteiger partial charge on any atom is 0.409 e. The zero-order valence-electron chi connectivity index (χ0n) is 25.9. The average Bonchev–Trinajstić information content (AvgIpc) is 3.11. The Bertz CT molecular complexity index is 1480. The fourth-order valence-corrected chi connectivity index (χ4v) is 8.78. The van der Waals surface area contributed by atoms with Gasteiger partial charge in [-0.3, -0.25) is 9.69 Å². The van der Waals surface area contributed by atoms with E-state index in [2.05, 4.69) is 21.4 Å². The van der Waals surface area contributed by atoms with Crippen molar-refractivity contribution in [3.63, 3.8) is 0 Å². The summed E-state index contributed by atoms with van der Waals surface area (Å²) in [5, 5.41) is 0.753. The zero-order chi connectivity index (χ0) is 31.0. The molecule has 2 amide bonds. The van der Waals surface area contributed by atoms with Crippen LogP contribution < -0.4 is 0 Å². The van der Waals surface area contributed by atoms with Gasteiger partial charge in [0.15, 0.2) is 0 Å². The number of halogens is 1. The van der Waals surface area contributed by atoms with Gasteiger partial charge in [-0.25, -0.2) is 4.79 Å². The van der Waals surface area contributed by atoms with E-state index < -0.39 is 16.5 Å². The molecule has 2 aliphatic heterocycles. The molecular weight excluding hydrogens is 598 g/mol. The number of hydrogen-bond acceptors (Lipinski definition) is 7. The molecule has 1 saturated carbocycles. The summed E-state index contributed by atoms with van der Waals surface area (Å²) in [6, 6.07) is 6.13. The second kappa shape index (κ2) is 13.0. The van der Waals surface area contributed by atoms with Crippen LogP contribution in [0.2, 0.25) is 5.02 Å². The summed E-state index contributed by atoms with van der Waals surface area (Å²) in [6.45, 7) is 4.14. The predicted molar refractivity (Wildman–Crippen MR) is 172 cm³/mol. The number of hydrogen-bond donors (Lipinski definition) is 0. The number of rotatable bonds is 1. The summed E-state index contributed by atoms with van der Waals surface area (Å²) in [4.78, 5) is 30.0. The summed E-state index contributed by atoms with van der Waals surface area (Å²) < 4.78 is 29.7. The maximum atomic E-state index is 13.3. The lowest BCUT2D eigenvalue weighted by molar-refractivity contribution is -0.114. The van der Waals surface area contributed by atoms with Gasteiger partial charge in [-0.05, 0) is 79.9 Å². The summed E-state index contributed by atoms with van der Waals surface area (Å²) >= 11 is 6.43. The minimum atomic E-state index is -1.63. The molecule has 0 N–H and O–H groups in total. The van der Waals surface area contributed by atoms with Gasteiger partial charge in [0, 0.05) is 55.5 Å². The van der Waals surface area contributed by atoms with Crippen LogP contribution in [0.1, 0.15) is 56.6 Å². The molecule has 6 rings (SSSR count). The molecule has 1 aromatic rings. The standard InChI is InChI=1S/C34H43ClN3O5S/c1-22-6-4-8-30(43-33(40)37(2)3)27-12-9-25(27)18-38-20-34(15-5-7-23-16-26(35)11-13-28(23)34)21-42-31-14-10-24(17-29(31)38)32(39)36-44(41)19-22/h4,8,10-11,13-14,16,22,25,27,29-30H,5-7,9,12,15,17-21H2,1-3H3/q-1/b8-4+/t22-,25-,27+,29?,30-,34-/m0/s1. The number of benzene rings is 1. The zero-order valence-corrected chi connectivity index (χ0v) is 27.4. The molecule has 6 atom stereocenters. The molecule has 238 valence electrons. The van der Waals surface area contributed by atoms with Crippen LogP contribution in [0.15, 0.2) is 58.2 Å². The Balaban J connectivity index is 1.38. The maximum absolute atomic E-state index is 13.3. The summed E-state index contributed by atoms with van der Waals surface area (Å²) in [5.41, 5.74) is 2.94. The molecule has 10 heteroatoms. The normalized spacial score (nSPS) is 33.6. The van der Waals surface area contributed by atoms with Gasteiger partial charge in [0.05, 0.1) is 12.6 Å². The minimum absolute atomic E-state index is 0.0564. The Morgan fingerprint density at radius 3 is 2.86 bits per heavy atom. The third-order valence-corrected chi connectivity index (χ3v) is 11.6. The van der Waals surface area contributed by atoms with Crippen molar-refractivity contribution >= 4 is 34.2 Å². The number of carbonyl (C=O) groups is 2. The van der Waals surface area contributed by atoms with E-state index in [4.69, 9.17) is 21.1 Å². The number of ether oxygens (including phenoxy) is 2. The first kappa shape index (κ1) is 31.4. The lowest BCUT2D eigenvalue weighted by atomic mass is 9.68. The molecule has 0 aromatic heterocycles. The van der Waals surface area contributed by atoms with Crippen LogP contribution in [0.25, 0.3) is 0 Å². The highest BCUT2D eigenvalue weighted by molar-refractivity contribution is 7.75. The Labute approximate surface area is 267 Å². The Morgan fingerprint density at radius 1 is 1.25 bits per heavy atom. The topological polar surface area (TPSA) is 88.5 Å². The minimum Gasteiger partial charge on any atom is -0.495 e. The smallest absolute Gasteiger partial charge is 0.409 e. The Kier molecular flexibility index (Phi) is 9.27. The molecular formula is C34H43ClN3O5S-. The molecule has 1 spiro atoms. The predicted octanol–water partition coefficient (Wildman–Crippen LogP) is 6.19. The number of aryl methyl sites for hydroxylation is 1. The van der Waals surface area contributed by atoms with Crippen molar-refractivity contribution in [2.45, 2.75) is 69.4 Å². The number of allylic oxidation sites excluding steroid dienone is 3. The van der Waals surface area contributed by atoms with Crippen molar-refractivity contribution in [1.82, 2.24) is 9.80 Å². The first-order valence-electron chi connectivity index (χ1n) is 15.9. The molecule has 5 aliphatic rings. The molecule has 2 fully saturated rings. The highest BCUT2D eigenvalue weighted by Crippen LogP contribution is 2.46. The SMILES string of the molecule is C[C@H]1C/C=C/[C@H](OC(=O)N(C)C)[C@@H]2CC[C@H]2CN2C[C@@]3(CCCc4cc(Cl)ccc43)COC3=CC=C(CC32)C(=O)N=[S-](=O)C1. The van der Waals surface area contributed by atoms with E-state index in [-0.39, 0.29) is 35.5 Å². The van der Waals surface area contributed by atoms with E-state index >= 15 is 0 Å². The highest BCUT2D eigenvalue weighted by atomic mass is 35.5. The van der Waals surface area contributed by atoms with E-state index in [0.29, 0.717) is 36.7 Å². The monoisotopic (exact) mass is 640 g/mol. The largest absolute Gasteiger partial charge is 0.495 e. The van der Waals surface area contributed by atoms with E-state index in [9.17, 15) is 13.8 Å². The van der Waals surface area contributed by atoms with Crippen molar-refractivity contribution in [3.8, 4) is 0 Å². The van der Waals surface area contributed by atoms with Gasteiger partial charge < -0.3 is 22.9 Å². The third kappa shape index (κ3) is 6.51. The van der Waals surface area contributed by atoms with Crippen LogP contribution >= 0.6 is 11.6 Å². The lowest BCUT2D eigenvalue weighted by Gasteiger charge is -2.46. The van der Waals surface area contributed by atoms with Crippen molar-refractivity contribution < 1.29 is 23.3 Å². The van der Waals surface area contributed by atoms with Gasteiger partial charge in [-0.2, -0.15) is 10.6 Å². The van der Waals surface area contributed by atoms with Crippen LogP contribution in [0, 0.1) is 17.8 Å². The first-order chi connectivity index (χ1) is 21.1. The molecule has 1 unspecified atom stereocenters. The van der Waals surface area contributed by atoms with Gasteiger partial charge in [0.25, 0.3) is 0 Å². The van der Waals surface area contributed by atoms with Crippen molar-refractivity contribution in [2.24, 2.45) is 22.1 Å². The molecule has 1 aromatic carbocycles. The van der Waals surface area contributed by atoms with E-state index in [0.717, 1.165) is 56.0 Å². The van der Waals surface area contributed by atoms with E-state index in [1.165, 1.54) is 16.0 Å². The summed E-state index contributed by atoms with van der Waals surface area (Å²) in [7, 11) is 1.78. The lowest BCUT2D eigenvalue weighted by Crippen LogP contribution is -2.52. The van der Waals surface area contributed by atoms with Gasteiger partial charge in [-0.1, -0.05) is 48.4 Å². The summed E-state index contributed by atoms with van der Waals surface area (Å²) in [6.07, 6.45) is 13.3. The first-order valence-corrected chi connectivity index (χ1v) is 17.5. The Hall–Kier alpha value is -2.62. The van der Waals surface area contributed by atoms with Gasteiger partial charge in [-0.15, -0.1) is 0 Å². The fraction of sp³-hybridized carbons (Fsp3) is 0.588. The van der Waals surface area contributed by atoms with Crippen molar-refractivity contribution in [3.05, 3.63) is 70.0 Å². The molecule has 2 bridgehead atoms. The van der Waals surface area contributed by atoms with Gasteiger partial charge >= 0.3 is 6.09 Å². The van der Waals surface area contributed by atoms with E-state index in [1.54, 1.807) is 20.2 Å². The second-order valence-corrected chi connectivity index (χ2v) is 15.1. The van der Waals surface area contributed by atoms with E-state index in [1.807, 2.05) is 31.2 Å². The molecule has 0 radical (unpaired) electrons. The molecule has 2 heterocycles. The molecule has 44 heavy (non-hydrogen) atoms. The van der Waals surface area contributed by atoms with Crippen LogP contribution in [0.4, 0.5) is 4.79 Å².